The van der Waals surface area contributed by atoms with E-state index in [1.807, 2.05) is 24.0 Å². The fourth-order valence-corrected chi connectivity index (χ4v) is 3.22. The zero-order valence-electron chi connectivity index (χ0n) is 10.1. The summed E-state index contributed by atoms with van der Waals surface area (Å²) in [6.07, 6.45) is 5.14. The maximum atomic E-state index is 11.8. The molecule has 2 aromatic heterocycles. The molecule has 0 atom stereocenters. The molecule has 0 bridgehead atoms. The van der Waals surface area contributed by atoms with Gasteiger partial charge in [-0.05, 0) is 25.5 Å². The fraction of sp³-hybridized carbons (Fsp3) is 0.308. The van der Waals surface area contributed by atoms with E-state index in [0.29, 0.717) is 6.42 Å². The van der Waals surface area contributed by atoms with Gasteiger partial charge in [-0.2, -0.15) is 0 Å². The normalized spacial score (nSPS) is 15.4. The highest BCUT2D eigenvalue weighted by atomic mass is 32.1. The second kappa shape index (κ2) is 4.49. The molecule has 1 amide bonds. The quantitative estimate of drug-likeness (QED) is 0.833. The molecule has 1 aliphatic heterocycles. The lowest BCUT2D eigenvalue weighted by Crippen LogP contribution is -2.23. The van der Waals surface area contributed by atoms with Gasteiger partial charge >= 0.3 is 0 Å². The molecule has 0 saturated carbocycles. The molecular weight excluding hydrogens is 246 g/mol. The first-order valence-electron chi connectivity index (χ1n) is 5.94. The fourth-order valence-electron chi connectivity index (χ4n) is 2.11. The van der Waals surface area contributed by atoms with Crippen LogP contribution in [0.25, 0.3) is 10.6 Å². The summed E-state index contributed by atoms with van der Waals surface area (Å²) >= 11 is 1.57. The van der Waals surface area contributed by atoms with Crippen LogP contribution < -0.4 is 4.90 Å². The maximum absolute atomic E-state index is 11.8. The van der Waals surface area contributed by atoms with Crippen molar-refractivity contribution in [1.29, 1.82) is 0 Å². The van der Waals surface area contributed by atoms with Crippen LogP contribution in [0.2, 0.25) is 0 Å². The molecule has 3 heterocycles. The molecule has 1 saturated heterocycles. The Balaban J connectivity index is 1.99. The topological polar surface area (TPSA) is 46.1 Å². The first-order valence-corrected chi connectivity index (χ1v) is 6.75. The van der Waals surface area contributed by atoms with E-state index >= 15 is 0 Å². The molecule has 0 aromatic carbocycles. The highest BCUT2D eigenvalue weighted by Gasteiger charge is 2.25. The predicted octanol–water partition coefficient (Wildman–Crippen LogP) is 2.64. The number of rotatable bonds is 2. The van der Waals surface area contributed by atoms with Crippen molar-refractivity contribution in [2.75, 3.05) is 11.4 Å². The van der Waals surface area contributed by atoms with E-state index in [4.69, 9.17) is 0 Å². The van der Waals surface area contributed by atoms with Crippen molar-refractivity contribution in [3.05, 3.63) is 30.2 Å². The monoisotopic (exact) mass is 259 g/mol. The second-order valence-corrected chi connectivity index (χ2v) is 5.28. The Morgan fingerprint density at radius 1 is 1.44 bits per heavy atom. The van der Waals surface area contributed by atoms with Gasteiger partial charge in [-0.15, -0.1) is 0 Å². The van der Waals surface area contributed by atoms with Crippen molar-refractivity contribution >= 4 is 22.2 Å². The number of hydrogen-bond donors (Lipinski definition) is 0. The molecule has 18 heavy (non-hydrogen) atoms. The summed E-state index contributed by atoms with van der Waals surface area (Å²) in [6.45, 7) is 2.77. The van der Waals surface area contributed by atoms with Gasteiger partial charge in [0.2, 0.25) is 5.91 Å². The molecule has 1 fully saturated rings. The van der Waals surface area contributed by atoms with E-state index in [0.717, 1.165) is 34.2 Å². The van der Waals surface area contributed by atoms with E-state index in [1.165, 1.54) is 0 Å². The number of carbonyl (C=O) groups is 1. The van der Waals surface area contributed by atoms with Gasteiger partial charge in [0.1, 0.15) is 10.0 Å². The van der Waals surface area contributed by atoms with E-state index in [2.05, 4.69) is 9.97 Å². The van der Waals surface area contributed by atoms with Crippen LogP contribution in [0.5, 0.6) is 0 Å². The average Bonchev–Trinajstić information content (AvgIpc) is 2.96. The molecule has 0 radical (unpaired) electrons. The van der Waals surface area contributed by atoms with Crippen LogP contribution in [0, 0.1) is 6.92 Å². The van der Waals surface area contributed by atoms with Gasteiger partial charge in [0.15, 0.2) is 0 Å². The number of pyridine rings is 1. The van der Waals surface area contributed by atoms with Crippen LogP contribution in [0.15, 0.2) is 24.5 Å². The van der Waals surface area contributed by atoms with E-state index in [1.54, 1.807) is 23.7 Å². The third kappa shape index (κ3) is 1.90. The van der Waals surface area contributed by atoms with Crippen molar-refractivity contribution in [1.82, 2.24) is 9.97 Å². The van der Waals surface area contributed by atoms with Gasteiger partial charge in [0.25, 0.3) is 0 Å². The largest absolute Gasteiger partial charge is 0.302 e. The highest BCUT2D eigenvalue weighted by molar-refractivity contribution is 7.19. The third-order valence-electron chi connectivity index (χ3n) is 3.00. The molecule has 1 aliphatic rings. The van der Waals surface area contributed by atoms with Crippen LogP contribution in [0.1, 0.15) is 18.5 Å². The summed E-state index contributed by atoms with van der Waals surface area (Å²) in [5.74, 6) is 0.208. The number of nitrogens with zero attached hydrogens (tertiary/aromatic N) is 3. The van der Waals surface area contributed by atoms with Crippen molar-refractivity contribution in [3.8, 4) is 10.6 Å². The van der Waals surface area contributed by atoms with Gasteiger partial charge in [-0.25, -0.2) is 4.98 Å². The Bertz CT molecular complexity index is 579. The Hall–Kier alpha value is -1.75. The number of aryl methyl sites for hydroxylation is 1. The number of amides is 1. The summed E-state index contributed by atoms with van der Waals surface area (Å²) in [5.41, 5.74) is 1.93. The molecule has 2 aromatic rings. The first-order chi connectivity index (χ1) is 8.75. The summed E-state index contributed by atoms with van der Waals surface area (Å²) in [7, 11) is 0. The van der Waals surface area contributed by atoms with Gasteiger partial charge in [-0.1, -0.05) is 11.3 Å². The van der Waals surface area contributed by atoms with Crippen LogP contribution in [-0.4, -0.2) is 22.4 Å². The van der Waals surface area contributed by atoms with E-state index in [9.17, 15) is 4.79 Å². The van der Waals surface area contributed by atoms with Crippen molar-refractivity contribution in [2.24, 2.45) is 0 Å². The minimum atomic E-state index is 0.208. The lowest BCUT2D eigenvalue weighted by atomic mass is 10.3. The molecule has 92 valence electrons. The highest BCUT2D eigenvalue weighted by Crippen LogP contribution is 2.35. The number of carbonyl (C=O) groups excluding carboxylic acids is 1. The minimum Gasteiger partial charge on any atom is -0.302 e. The van der Waals surface area contributed by atoms with Crippen LogP contribution in [-0.2, 0) is 4.79 Å². The summed E-state index contributed by atoms with van der Waals surface area (Å²) in [4.78, 5) is 22.3. The SMILES string of the molecule is Cc1nc(-c2cccnc2)sc1N1CCCC1=O. The molecule has 5 heteroatoms. The van der Waals surface area contributed by atoms with Crippen molar-refractivity contribution in [3.63, 3.8) is 0 Å². The minimum absolute atomic E-state index is 0.208. The number of thiazole rings is 1. The Morgan fingerprint density at radius 2 is 2.33 bits per heavy atom. The van der Waals surface area contributed by atoms with E-state index < -0.39 is 0 Å². The first kappa shape index (κ1) is 11.3. The molecule has 4 nitrogen and oxygen atoms in total. The molecule has 0 unspecified atom stereocenters. The standard InChI is InChI=1S/C13H13N3OS/c1-9-13(16-7-3-5-11(16)17)18-12(15-9)10-4-2-6-14-8-10/h2,4,6,8H,3,5,7H2,1H3. The molecular formula is C13H13N3OS. The molecule has 0 N–H and O–H groups in total. The van der Waals surface area contributed by atoms with Crippen molar-refractivity contribution in [2.45, 2.75) is 19.8 Å². The predicted molar refractivity (Wildman–Crippen MR) is 71.7 cm³/mol. The Kier molecular flexibility index (Phi) is 2.83. The van der Waals surface area contributed by atoms with Gasteiger partial charge in [-0.3, -0.25) is 9.78 Å². The zero-order chi connectivity index (χ0) is 12.5. The average molecular weight is 259 g/mol. The van der Waals surface area contributed by atoms with Crippen LogP contribution in [0.3, 0.4) is 0 Å². The van der Waals surface area contributed by atoms with Crippen molar-refractivity contribution < 1.29 is 4.79 Å². The number of anilines is 1. The molecule has 0 aliphatic carbocycles. The smallest absolute Gasteiger partial charge is 0.227 e. The lowest BCUT2D eigenvalue weighted by molar-refractivity contribution is -0.117. The second-order valence-electron chi connectivity index (χ2n) is 4.30. The number of aromatic nitrogens is 2. The Labute approximate surface area is 109 Å². The Morgan fingerprint density at radius 3 is 3.00 bits per heavy atom. The van der Waals surface area contributed by atoms with Gasteiger partial charge in [0, 0.05) is 30.9 Å². The third-order valence-corrected chi connectivity index (χ3v) is 4.23. The summed E-state index contributed by atoms with van der Waals surface area (Å²) in [6, 6.07) is 3.88. The van der Waals surface area contributed by atoms with Gasteiger partial charge < -0.3 is 4.90 Å². The maximum Gasteiger partial charge on any atom is 0.227 e. The molecule has 3 rings (SSSR count). The van der Waals surface area contributed by atoms with Gasteiger partial charge in [0.05, 0.1) is 5.69 Å². The number of hydrogen-bond acceptors (Lipinski definition) is 4. The van der Waals surface area contributed by atoms with Crippen LogP contribution >= 0.6 is 11.3 Å². The lowest BCUT2D eigenvalue weighted by Gasteiger charge is -2.12. The summed E-state index contributed by atoms with van der Waals surface area (Å²) < 4.78 is 0. The van der Waals surface area contributed by atoms with E-state index in [-0.39, 0.29) is 5.91 Å². The molecule has 0 spiro atoms. The zero-order valence-corrected chi connectivity index (χ0v) is 10.9. The van der Waals surface area contributed by atoms with Crippen LogP contribution in [0.4, 0.5) is 5.00 Å². The summed E-state index contributed by atoms with van der Waals surface area (Å²) in [5, 5.41) is 1.91.